The summed E-state index contributed by atoms with van der Waals surface area (Å²) in [6, 6.07) is 6.26. The lowest BCUT2D eigenvalue weighted by atomic mass is 9.98. The second-order valence-electron chi connectivity index (χ2n) is 10.0. The molecular formula is C28H35NO15. The average Bonchev–Trinajstić information content (AvgIpc) is 3.42. The normalized spacial score (nSPS) is 31.5. The summed E-state index contributed by atoms with van der Waals surface area (Å²) in [5, 5.41) is 0.622. The van der Waals surface area contributed by atoms with Crippen molar-refractivity contribution in [3.63, 3.8) is 0 Å². The number of methoxy groups -OCH3 is 3. The number of benzene rings is 1. The van der Waals surface area contributed by atoms with Crippen molar-refractivity contribution in [2.24, 2.45) is 0 Å². The third kappa shape index (κ3) is 7.07. The molecule has 3 heterocycles. The predicted molar refractivity (Wildman–Crippen MR) is 141 cm³/mol. The number of carbonyl (C=O) groups is 5. The molecule has 16 nitrogen and oxygen atoms in total. The first-order chi connectivity index (χ1) is 21.0. The van der Waals surface area contributed by atoms with Crippen molar-refractivity contribution in [2.45, 2.75) is 76.1 Å². The Bertz CT molecular complexity index is 1200. The molecule has 0 radical (unpaired) electrons. The largest absolute Gasteiger partial charge is 0.463 e. The van der Waals surface area contributed by atoms with Crippen LogP contribution in [0, 0.1) is 0 Å². The molecule has 0 aromatic heterocycles. The van der Waals surface area contributed by atoms with Gasteiger partial charge in [0.25, 0.3) is 11.8 Å². The van der Waals surface area contributed by atoms with Crippen LogP contribution in [0.5, 0.6) is 0 Å². The summed E-state index contributed by atoms with van der Waals surface area (Å²) in [6.45, 7) is 2.72. The molecule has 0 spiro atoms. The Balaban J connectivity index is 1.62. The van der Waals surface area contributed by atoms with Crippen LogP contribution in [0.25, 0.3) is 0 Å². The van der Waals surface area contributed by atoms with E-state index < -0.39 is 91.6 Å². The molecule has 3 aliphatic rings. The van der Waals surface area contributed by atoms with E-state index in [0.717, 1.165) is 13.8 Å². The molecule has 16 heteroatoms. The van der Waals surface area contributed by atoms with Crippen molar-refractivity contribution in [3.05, 3.63) is 35.4 Å². The average molecular weight is 626 g/mol. The van der Waals surface area contributed by atoms with Crippen molar-refractivity contribution < 1.29 is 71.4 Å². The van der Waals surface area contributed by atoms with E-state index in [9.17, 15) is 24.0 Å². The van der Waals surface area contributed by atoms with Crippen LogP contribution >= 0.6 is 0 Å². The van der Waals surface area contributed by atoms with Gasteiger partial charge >= 0.3 is 17.9 Å². The Morgan fingerprint density at radius 3 is 1.75 bits per heavy atom. The lowest BCUT2D eigenvalue weighted by Crippen LogP contribution is -2.62. The highest BCUT2D eigenvalue weighted by atomic mass is 16.8. The molecule has 2 fully saturated rings. The minimum atomic E-state index is -1.41. The van der Waals surface area contributed by atoms with E-state index in [1.807, 2.05) is 0 Å². The number of nitrogens with zero attached hydrogens (tertiary/aromatic N) is 1. The maximum Gasteiger partial charge on any atom is 0.303 e. The molecule has 3 aliphatic heterocycles. The summed E-state index contributed by atoms with van der Waals surface area (Å²) in [5.74, 6) is -3.39. The second kappa shape index (κ2) is 14.5. The number of rotatable bonds is 12. The van der Waals surface area contributed by atoms with Gasteiger partial charge in [-0.25, -0.2) is 0 Å². The molecule has 0 aliphatic carbocycles. The SMILES string of the molecule is CO[C@H]1O[C@H](CON2C(=O)c3ccccc3C2=O)[C@@H](O[C@H]2O[C@H](COC(C)=O)[C@@H](OC(C)=O)[C@@H]2OC(C)=O)[C@H](OC)[C@H]1OC. The molecule has 0 N–H and O–H groups in total. The second-order valence-corrected chi connectivity index (χ2v) is 10.0. The first-order valence-electron chi connectivity index (χ1n) is 13.6. The van der Waals surface area contributed by atoms with Gasteiger partial charge in [0, 0.05) is 42.1 Å². The van der Waals surface area contributed by atoms with Crippen LogP contribution in [-0.4, -0.2) is 125 Å². The molecule has 2 saturated heterocycles. The smallest absolute Gasteiger partial charge is 0.303 e. The van der Waals surface area contributed by atoms with Crippen LogP contribution in [0.1, 0.15) is 41.5 Å². The van der Waals surface area contributed by atoms with Gasteiger partial charge in [0.15, 0.2) is 24.8 Å². The first kappa shape index (κ1) is 33.4. The molecule has 0 unspecified atom stereocenters. The third-order valence-electron chi connectivity index (χ3n) is 7.11. The van der Waals surface area contributed by atoms with Gasteiger partial charge in [-0.2, -0.15) is 0 Å². The Kier molecular flexibility index (Phi) is 11.0. The Morgan fingerprint density at radius 2 is 1.23 bits per heavy atom. The van der Waals surface area contributed by atoms with Crippen LogP contribution in [0.3, 0.4) is 0 Å². The van der Waals surface area contributed by atoms with E-state index in [2.05, 4.69) is 0 Å². The Morgan fingerprint density at radius 1 is 0.682 bits per heavy atom. The highest BCUT2D eigenvalue weighted by molar-refractivity contribution is 6.20. The molecule has 242 valence electrons. The zero-order valence-electron chi connectivity index (χ0n) is 25.0. The van der Waals surface area contributed by atoms with E-state index in [4.69, 9.17) is 47.5 Å². The number of hydroxylamine groups is 2. The molecule has 44 heavy (non-hydrogen) atoms. The summed E-state index contributed by atoms with van der Waals surface area (Å²) in [7, 11) is 4.17. The maximum absolute atomic E-state index is 12.9. The summed E-state index contributed by atoms with van der Waals surface area (Å²) in [6.07, 6.45) is -10.1. The number of hydrogen-bond donors (Lipinski definition) is 0. The van der Waals surface area contributed by atoms with E-state index >= 15 is 0 Å². The fourth-order valence-electron chi connectivity index (χ4n) is 5.26. The van der Waals surface area contributed by atoms with E-state index in [1.165, 1.54) is 40.4 Å². The zero-order valence-corrected chi connectivity index (χ0v) is 25.0. The van der Waals surface area contributed by atoms with Gasteiger partial charge in [-0.05, 0) is 12.1 Å². The lowest BCUT2D eigenvalue weighted by Gasteiger charge is -2.45. The number of carbonyl (C=O) groups excluding carboxylic acids is 5. The van der Waals surface area contributed by atoms with Gasteiger partial charge in [-0.1, -0.05) is 12.1 Å². The minimum Gasteiger partial charge on any atom is -0.463 e. The summed E-state index contributed by atoms with van der Waals surface area (Å²) >= 11 is 0. The van der Waals surface area contributed by atoms with E-state index in [0.29, 0.717) is 5.06 Å². The molecule has 2 amide bonds. The fourth-order valence-corrected chi connectivity index (χ4v) is 5.26. The van der Waals surface area contributed by atoms with E-state index in [1.54, 1.807) is 12.1 Å². The standard InChI is InChI=1S/C28H35NO15/c1-13(30)38-11-18-21(40-14(2)31)24(41-15(3)32)28(43-18)44-20-19(42-27(37-6)23(36-5)22(20)35-4)12-39-29-25(33)16-9-7-8-10-17(16)26(29)34/h7-10,18-24,27-28H,11-12H2,1-6H3/t18-,19-,20-,21-,22+,23-,24+,27+,28-/m1/s1. The highest BCUT2D eigenvalue weighted by Crippen LogP contribution is 2.35. The fraction of sp³-hybridized carbons (Fsp3) is 0.607. The van der Waals surface area contributed by atoms with Crippen LogP contribution < -0.4 is 0 Å². The van der Waals surface area contributed by atoms with Crippen molar-refractivity contribution >= 4 is 29.7 Å². The number of ether oxygens (including phenoxy) is 9. The van der Waals surface area contributed by atoms with E-state index in [-0.39, 0.29) is 17.7 Å². The summed E-state index contributed by atoms with van der Waals surface area (Å²) in [5.41, 5.74) is 0.357. The van der Waals surface area contributed by atoms with Crippen LogP contribution in [0.15, 0.2) is 24.3 Å². The highest BCUT2D eigenvalue weighted by Gasteiger charge is 2.55. The Labute approximate surface area is 252 Å². The lowest BCUT2D eigenvalue weighted by molar-refractivity contribution is -0.337. The molecule has 1 aromatic carbocycles. The van der Waals surface area contributed by atoms with Gasteiger partial charge in [0.2, 0.25) is 0 Å². The number of hydrogen-bond acceptors (Lipinski definition) is 15. The molecule has 0 bridgehead atoms. The van der Waals surface area contributed by atoms with Gasteiger partial charge < -0.3 is 42.6 Å². The van der Waals surface area contributed by atoms with Crippen LogP contribution in [-0.2, 0) is 61.9 Å². The van der Waals surface area contributed by atoms with Crippen molar-refractivity contribution in [2.75, 3.05) is 34.5 Å². The molecule has 0 saturated carbocycles. The maximum atomic E-state index is 12.9. The molecule has 1 aromatic rings. The number of imide groups is 1. The summed E-state index contributed by atoms with van der Waals surface area (Å²) in [4.78, 5) is 67.0. The Hall–Kier alpha value is -3.51. The topological polar surface area (TPSA) is 181 Å². The molecule has 9 atom stereocenters. The monoisotopic (exact) mass is 625 g/mol. The van der Waals surface area contributed by atoms with Gasteiger partial charge in [0.1, 0.15) is 43.7 Å². The third-order valence-corrected chi connectivity index (χ3v) is 7.11. The minimum absolute atomic E-state index is 0.178. The van der Waals surface area contributed by atoms with Gasteiger partial charge in [0.05, 0.1) is 11.1 Å². The molecule has 4 rings (SSSR count). The first-order valence-corrected chi connectivity index (χ1v) is 13.6. The van der Waals surface area contributed by atoms with Gasteiger partial charge in [-0.3, -0.25) is 28.8 Å². The number of fused-ring (bicyclic) bond motifs is 1. The van der Waals surface area contributed by atoms with Crippen molar-refractivity contribution in [1.29, 1.82) is 0 Å². The number of esters is 3. The summed E-state index contributed by atoms with van der Waals surface area (Å²) < 4.78 is 51.0. The van der Waals surface area contributed by atoms with Crippen LogP contribution in [0.2, 0.25) is 0 Å². The van der Waals surface area contributed by atoms with Gasteiger partial charge in [-0.15, -0.1) is 5.06 Å². The van der Waals surface area contributed by atoms with Crippen LogP contribution in [0.4, 0.5) is 0 Å². The van der Waals surface area contributed by atoms with Crippen molar-refractivity contribution in [1.82, 2.24) is 5.06 Å². The number of amides is 2. The zero-order chi connectivity index (χ0) is 32.1. The van der Waals surface area contributed by atoms with Crippen molar-refractivity contribution in [3.8, 4) is 0 Å². The molecular weight excluding hydrogens is 590 g/mol. The predicted octanol–water partition coefficient (Wildman–Crippen LogP) is 0.152. The quantitative estimate of drug-likeness (QED) is 0.174.